The molecule has 30 heteroatoms. The zero-order valence-corrected chi connectivity index (χ0v) is 67.7. The molecule has 0 unspecified atom stereocenters. The molecule has 0 aliphatic carbocycles. The number of alkyl halides is 4. The van der Waals surface area contributed by atoms with Gasteiger partial charge in [-0.2, -0.15) is 15.8 Å². The summed E-state index contributed by atoms with van der Waals surface area (Å²) in [5.41, 5.74) is 5.97. The molecule has 0 atom stereocenters. The van der Waals surface area contributed by atoms with E-state index in [4.69, 9.17) is 128 Å². The van der Waals surface area contributed by atoms with Gasteiger partial charge in [0.05, 0.1) is 66.2 Å². The Bertz CT molecular complexity index is 4810. The third-order valence-corrected chi connectivity index (χ3v) is 18.7. The van der Waals surface area contributed by atoms with Crippen molar-refractivity contribution in [3.05, 3.63) is 268 Å². The Labute approximate surface area is 685 Å². The van der Waals surface area contributed by atoms with Crippen LogP contribution in [0.1, 0.15) is 135 Å². The first-order chi connectivity index (χ1) is 50.4. The predicted octanol–water partition coefficient (Wildman–Crippen LogP) is 20.8. The fourth-order valence-corrected chi connectivity index (χ4v) is 12.3. The highest BCUT2D eigenvalue weighted by Gasteiger charge is 2.29. The number of benzene rings is 6. The number of halogens is 10. The highest BCUT2D eigenvalue weighted by molar-refractivity contribution is 9.08. The summed E-state index contributed by atoms with van der Waals surface area (Å²) in [6, 6.07) is 46.0. The summed E-state index contributed by atoms with van der Waals surface area (Å²) < 4.78 is 51.1. The number of ether oxygens (including phenoxy) is 5. The minimum atomic E-state index is -3.19. The number of nitriles is 3. The van der Waals surface area contributed by atoms with Crippen LogP contribution in [0.4, 0.5) is 0 Å². The van der Waals surface area contributed by atoms with Crippen LogP contribution in [0.15, 0.2) is 158 Å². The number of sulfone groups is 1. The number of aryl methyl sites for hydroxylation is 1. The van der Waals surface area contributed by atoms with Crippen molar-refractivity contribution in [2.45, 2.75) is 104 Å². The molecule has 19 nitrogen and oxygen atoms in total. The second-order valence-corrected chi connectivity index (χ2v) is 30.4. The summed E-state index contributed by atoms with van der Waals surface area (Å²) in [7, 11) is -3.19. The van der Waals surface area contributed by atoms with Gasteiger partial charge in [-0.05, 0) is 137 Å². The zero-order chi connectivity index (χ0) is 77.8. The molecular formula is C78H79BrCl9N11O8S. The monoisotopic (exact) mass is 1720 g/mol. The van der Waals surface area contributed by atoms with Gasteiger partial charge in [-0.1, -0.05) is 178 Å². The SMILES string of the molecule is C.C.CC(C)(c1ccc(O)cc1)c1cc(Cl)c(OCCCl)c(C#N)c1.CC(C)(c1ccc(OCc2nccc(CS(C)(=O)=O)n2)cc1)c1cc(Cl)c(OCCCl)c(C#N)c1.CC(C)(c1ccc(OCc2nccc(Cl)n2)cc1)c1cc(Cl)c(OCCCl)c(C#N)c1.Cc1nccc(Cl)n1.Clc1ccnc(CBr)n1. The fraction of sp³-hybridized carbons (Fsp3) is 0.295. The summed E-state index contributed by atoms with van der Waals surface area (Å²) in [5, 5.41) is 41.1. The summed E-state index contributed by atoms with van der Waals surface area (Å²) in [6.07, 6.45) is 7.53. The first kappa shape index (κ1) is 92.3. The van der Waals surface area contributed by atoms with Crippen LogP contribution in [0.25, 0.3) is 0 Å². The molecule has 0 saturated heterocycles. The number of phenolic OH excluding ortho intramolecular Hbond substituents is 1. The van der Waals surface area contributed by atoms with E-state index in [1.54, 1.807) is 92.2 Å². The highest BCUT2D eigenvalue weighted by atomic mass is 79.9. The highest BCUT2D eigenvalue weighted by Crippen LogP contribution is 2.42. The Morgan fingerprint density at radius 3 is 1.07 bits per heavy atom. The van der Waals surface area contributed by atoms with E-state index in [0.29, 0.717) is 128 Å². The third kappa shape index (κ3) is 28.1. The Kier molecular flexibility index (Phi) is 38.1. The Morgan fingerprint density at radius 2 is 0.769 bits per heavy atom. The number of hydrogen-bond acceptors (Lipinski definition) is 19. The molecule has 10 aromatic rings. The fourth-order valence-electron chi connectivity index (χ4n) is 9.75. The lowest BCUT2D eigenvalue weighted by Gasteiger charge is -2.27. The smallest absolute Gasteiger partial charge is 0.167 e. The molecule has 0 aliphatic heterocycles. The van der Waals surface area contributed by atoms with Crippen LogP contribution < -0.4 is 23.7 Å². The average Bonchev–Trinajstić information content (AvgIpc) is 0.794. The molecule has 0 bridgehead atoms. The van der Waals surface area contributed by atoms with Crippen LogP contribution in [0.5, 0.6) is 34.5 Å². The third-order valence-electron chi connectivity index (χ3n) is 15.5. The number of phenols is 1. The van der Waals surface area contributed by atoms with Crippen molar-refractivity contribution in [2.24, 2.45) is 0 Å². The average molecular weight is 1730 g/mol. The Hall–Kier alpha value is -8.05. The molecule has 10 rings (SSSR count). The van der Waals surface area contributed by atoms with Crippen LogP contribution in [-0.2, 0) is 50.4 Å². The molecule has 0 saturated carbocycles. The number of rotatable bonds is 24. The zero-order valence-electron chi connectivity index (χ0n) is 58.5. The van der Waals surface area contributed by atoms with Crippen molar-refractivity contribution < 1.29 is 37.2 Å². The molecule has 0 spiro atoms. The second kappa shape index (κ2) is 44.6. The first-order valence-corrected chi connectivity index (χ1v) is 38.9. The summed E-state index contributed by atoms with van der Waals surface area (Å²) in [5.74, 6) is 5.66. The van der Waals surface area contributed by atoms with Crippen molar-refractivity contribution in [2.75, 3.05) is 43.7 Å². The van der Waals surface area contributed by atoms with E-state index in [2.05, 4.69) is 87.9 Å². The normalized spacial score (nSPS) is 10.8. The molecule has 4 aromatic heterocycles. The van der Waals surface area contributed by atoms with Crippen molar-refractivity contribution >= 4 is 130 Å². The van der Waals surface area contributed by atoms with Crippen LogP contribution in [-0.4, -0.2) is 97.1 Å². The maximum atomic E-state index is 11.5. The number of hydrogen-bond donors (Lipinski definition) is 1. The predicted molar refractivity (Wildman–Crippen MR) is 436 cm³/mol. The maximum Gasteiger partial charge on any atom is 0.167 e. The van der Waals surface area contributed by atoms with Gasteiger partial charge in [-0.15, -0.1) is 34.8 Å². The van der Waals surface area contributed by atoms with Crippen LogP contribution in [0.3, 0.4) is 0 Å². The van der Waals surface area contributed by atoms with Gasteiger partial charge >= 0.3 is 0 Å². The molecule has 108 heavy (non-hydrogen) atoms. The van der Waals surface area contributed by atoms with Crippen molar-refractivity contribution in [3.8, 4) is 52.7 Å². The lowest BCUT2D eigenvalue weighted by molar-refractivity contribution is 0.295. The lowest BCUT2D eigenvalue weighted by atomic mass is 9.77. The van der Waals surface area contributed by atoms with E-state index in [9.17, 15) is 29.3 Å². The molecule has 1 N–H and O–H groups in total. The van der Waals surface area contributed by atoms with Crippen molar-refractivity contribution in [3.63, 3.8) is 0 Å². The van der Waals surface area contributed by atoms with Crippen LogP contribution in [0, 0.1) is 40.9 Å². The molecule has 0 fully saturated rings. The summed E-state index contributed by atoms with van der Waals surface area (Å²) in [6.45, 7) is 15.2. The van der Waals surface area contributed by atoms with E-state index in [-0.39, 0.29) is 64.8 Å². The molecule has 570 valence electrons. The van der Waals surface area contributed by atoms with E-state index >= 15 is 0 Å². The molecule has 6 aromatic carbocycles. The lowest BCUT2D eigenvalue weighted by Crippen LogP contribution is -2.19. The van der Waals surface area contributed by atoms with Gasteiger partial charge in [0.15, 0.2) is 38.7 Å². The largest absolute Gasteiger partial charge is 0.508 e. The molecule has 4 heterocycles. The molecular weight excluding hydrogens is 1650 g/mol. The number of aromatic nitrogens is 8. The van der Waals surface area contributed by atoms with Gasteiger partial charge in [0, 0.05) is 47.3 Å². The van der Waals surface area contributed by atoms with Gasteiger partial charge in [-0.3, -0.25) is 0 Å². The second-order valence-electron chi connectivity index (χ2n) is 24.2. The summed E-state index contributed by atoms with van der Waals surface area (Å²) >= 11 is 56.3. The topological polar surface area (TPSA) is 275 Å². The van der Waals surface area contributed by atoms with E-state index in [1.165, 1.54) is 6.20 Å². The van der Waals surface area contributed by atoms with Gasteiger partial charge < -0.3 is 28.8 Å². The van der Waals surface area contributed by atoms with Gasteiger partial charge in [0.1, 0.15) is 95.6 Å². The van der Waals surface area contributed by atoms with Crippen LogP contribution in [0.2, 0.25) is 30.5 Å². The molecule has 0 aliphatic rings. The first-order valence-electron chi connectivity index (χ1n) is 31.9. The van der Waals surface area contributed by atoms with Gasteiger partial charge in [0.2, 0.25) is 0 Å². The Balaban J connectivity index is 0.000000308. The quantitative estimate of drug-likeness (QED) is 0.0435. The van der Waals surface area contributed by atoms with E-state index in [1.807, 2.05) is 94.4 Å². The van der Waals surface area contributed by atoms with E-state index in [0.717, 1.165) is 39.6 Å². The Morgan fingerprint density at radius 1 is 0.444 bits per heavy atom. The van der Waals surface area contributed by atoms with Crippen LogP contribution >= 0.6 is 120 Å². The van der Waals surface area contributed by atoms with Crippen molar-refractivity contribution in [1.82, 2.24) is 39.9 Å². The standard InChI is InChI=1S/C25H25Cl2N3O4S.C23H20Cl3N3O2.C18H17Cl2NO2.C5H4BrClN2.C5H5ClN2.2CH4/c1-25(2,19-12-17(14-28)24(22(27)13-19)33-11-9-26)18-4-6-21(7-5-18)34-15-23-29-10-8-20(30-23)16-35(3,31)32;1-23(2,17-11-15(13-27)22(19(25)12-17)30-10-8-24)16-3-5-18(6-4-16)31-14-21-28-9-7-20(26)29-21;1-18(2,13-3-5-15(22)6-4-13)14-9-12(11-21)17(16(20)10-14)23-8-7-19;6-3-5-8-2-1-4(7)9-5;1-4-7-3-2-5(6)8-4;;/h4-8,10,12-13H,9,11,15-16H2,1-3H3;3-7,9,11-12H,8,10,14H2,1-2H3;3-6,9-10,22H,7-8H2,1-2H3;1-2H,3H2;2-3H,1H3;2*1H4. The summed E-state index contributed by atoms with van der Waals surface area (Å²) in [4.78, 5) is 32.1. The maximum absolute atomic E-state index is 11.5. The minimum absolute atomic E-state index is 0. The number of aromatic hydroxyl groups is 1. The van der Waals surface area contributed by atoms with Gasteiger partial charge in [0.25, 0.3) is 0 Å². The molecule has 0 radical (unpaired) electrons. The number of nitrogens with zero attached hydrogens (tertiary/aromatic N) is 11. The van der Waals surface area contributed by atoms with Gasteiger partial charge in [-0.25, -0.2) is 48.3 Å². The van der Waals surface area contributed by atoms with Crippen molar-refractivity contribution in [1.29, 1.82) is 15.8 Å². The van der Waals surface area contributed by atoms with E-state index < -0.39 is 20.7 Å². The molecule has 0 amide bonds. The minimum Gasteiger partial charge on any atom is -0.508 e.